The van der Waals surface area contributed by atoms with Gasteiger partial charge in [0.05, 0.1) is 118 Å². The van der Waals surface area contributed by atoms with Gasteiger partial charge in [-0.15, -0.1) is 0 Å². The third kappa shape index (κ3) is 25.4. The number of benzene rings is 2. The number of allylic oxidation sites excluding steroid dienone is 2. The first kappa shape index (κ1) is 66.1. The SMILES string of the molecule is CC(C)[C@H](NC(=O)CCOCCOCCOCCOCCNC(=O)CN(CC(=O)NCCOCCOCCOCCOCCC(=O)N[C@H](C(N)=O)C(C)C)C(=O)CCC(=O)N1Cc2ccccc2C2=C(C2)c2ccccc21)C(N)=O. The van der Waals surface area contributed by atoms with Gasteiger partial charge in [0.25, 0.3) is 0 Å². The largest absolute Gasteiger partial charge is 0.379 e. The molecule has 80 heavy (non-hydrogen) atoms. The molecule has 2 aromatic rings. The molecule has 24 nitrogen and oxygen atoms in total. The number of amides is 8. The molecule has 0 unspecified atom stereocenters. The molecule has 0 fully saturated rings. The van der Waals surface area contributed by atoms with Gasteiger partial charge in [-0.05, 0) is 46.6 Å². The van der Waals surface area contributed by atoms with E-state index in [4.69, 9.17) is 49.4 Å². The molecule has 0 bridgehead atoms. The van der Waals surface area contributed by atoms with Crippen molar-refractivity contribution in [2.24, 2.45) is 23.3 Å². The molecule has 1 heterocycles. The number of primary amides is 2. The Balaban J connectivity index is 1.12. The van der Waals surface area contributed by atoms with E-state index in [9.17, 15) is 38.4 Å². The van der Waals surface area contributed by atoms with Gasteiger partial charge in [-0.1, -0.05) is 70.2 Å². The van der Waals surface area contributed by atoms with Crippen LogP contribution in [0.3, 0.4) is 0 Å². The molecule has 2 aliphatic rings. The van der Waals surface area contributed by atoms with Crippen LogP contribution in [0, 0.1) is 11.8 Å². The fourth-order valence-corrected chi connectivity index (χ4v) is 8.24. The maximum Gasteiger partial charge on any atom is 0.240 e. The molecule has 0 aromatic heterocycles. The summed E-state index contributed by atoms with van der Waals surface area (Å²) in [7, 11) is 0. The standard InChI is InChI=1S/C56H84N8O16/c1-39(2)53(55(57)71)61-47(65)15-19-73-23-27-77-31-33-79-29-25-75-21-17-59-49(67)37-63(51(69)13-14-52(70)64-36-41-9-5-6-10-42(41)44-35-45(44)43-11-7-8-12-46(43)64)38-50(68)60-18-22-76-26-30-80-34-32-78-28-24-74-20-16-48(66)62-54(40(3)4)56(58)72/h5-12,39-40,53-54H,13-38H2,1-4H3,(H2,57,71)(H2,58,72)(H,59,67)(H,60,68)(H,61,65)(H,62,66)/t53-,54-/m0/s1. The summed E-state index contributed by atoms with van der Waals surface area (Å²) >= 11 is 0. The zero-order valence-electron chi connectivity index (χ0n) is 46.9. The zero-order valence-corrected chi connectivity index (χ0v) is 46.9. The van der Waals surface area contributed by atoms with Crippen molar-refractivity contribution in [3.8, 4) is 0 Å². The van der Waals surface area contributed by atoms with Crippen molar-refractivity contribution in [2.75, 3.05) is 137 Å². The molecule has 0 spiro atoms. The minimum atomic E-state index is -0.733. The van der Waals surface area contributed by atoms with E-state index in [2.05, 4.69) is 27.3 Å². The van der Waals surface area contributed by atoms with Crippen molar-refractivity contribution in [3.63, 3.8) is 0 Å². The van der Waals surface area contributed by atoms with Gasteiger partial charge in [0.1, 0.15) is 25.2 Å². The monoisotopic (exact) mass is 1120 g/mol. The smallest absolute Gasteiger partial charge is 0.240 e. The highest BCUT2D eigenvalue weighted by Crippen LogP contribution is 2.52. The molecule has 444 valence electrons. The summed E-state index contributed by atoms with van der Waals surface area (Å²) in [4.78, 5) is 104. The fourth-order valence-electron chi connectivity index (χ4n) is 8.24. The van der Waals surface area contributed by atoms with Crippen LogP contribution in [0.5, 0.6) is 0 Å². The van der Waals surface area contributed by atoms with Gasteiger partial charge in [-0.3, -0.25) is 38.4 Å². The first-order chi connectivity index (χ1) is 38.6. The van der Waals surface area contributed by atoms with Crippen molar-refractivity contribution < 1.29 is 76.3 Å². The third-order valence-electron chi connectivity index (χ3n) is 12.6. The van der Waals surface area contributed by atoms with Gasteiger partial charge in [-0.25, -0.2) is 0 Å². The molecular weight excluding hydrogens is 1040 g/mol. The summed E-state index contributed by atoms with van der Waals surface area (Å²) in [6, 6.07) is 14.3. The summed E-state index contributed by atoms with van der Waals surface area (Å²) < 4.78 is 44.0. The lowest BCUT2D eigenvalue weighted by Gasteiger charge is -2.27. The van der Waals surface area contributed by atoms with Crippen LogP contribution in [0.15, 0.2) is 48.5 Å². The maximum absolute atomic E-state index is 14.1. The van der Waals surface area contributed by atoms with Crippen LogP contribution in [0.4, 0.5) is 5.69 Å². The summed E-state index contributed by atoms with van der Waals surface area (Å²) in [6.07, 6.45) is 0.614. The van der Waals surface area contributed by atoms with E-state index >= 15 is 0 Å². The van der Waals surface area contributed by atoms with Crippen LogP contribution in [0.2, 0.25) is 0 Å². The second kappa shape index (κ2) is 37.5. The highest BCUT2D eigenvalue weighted by molar-refractivity contribution is 6.13. The summed E-state index contributed by atoms with van der Waals surface area (Å²) in [5, 5.41) is 10.7. The highest BCUT2D eigenvalue weighted by Gasteiger charge is 2.34. The van der Waals surface area contributed by atoms with Crippen LogP contribution < -0.4 is 37.6 Å². The van der Waals surface area contributed by atoms with Crippen LogP contribution in [0.25, 0.3) is 11.1 Å². The van der Waals surface area contributed by atoms with Gasteiger partial charge in [0.2, 0.25) is 47.3 Å². The van der Waals surface area contributed by atoms with Crippen molar-refractivity contribution in [1.82, 2.24) is 26.2 Å². The Hall–Kier alpha value is -6.38. The quantitative estimate of drug-likeness (QED) is 0.0502. The van der Waals surface area contributed by atoms with E-state index in [1.54, 1.807) is 32.6 Å². The second-order valence-electron chi connectivity index (χ2n) is 19.5. The van der Waals surface area contributed by atoms with Gasteiger partial charge < -0.3 is 80.4 Å². The summed E-state index contributed by atoms with van der Waals surface area (Å²) in [5.74, 6) is -3.91. The van der Waals surface area contributed by atoms with Crippen LogP contribution in [0.1, 0.15) is 76.5 Å². The van der Waals surface area contributed by atoms with Crippen LogP contribution in [-0.4, -0.2) is 196 Å². The number of nitrogens with zero attached hydrogens (tertiary/aromatic N) is 2. The predicted octanol–water partition coefficient (Wildman–Crippen LogP) is 0.854. The second-order valence-corrected chi connectivity index (χ2v) is 19.5. The minimum Gasteiger partial charge on any atom is -0.379 e. The average molecular weight is 1130 g/mol. The minimum absolute atomic E-state index is 0.0855. The average Bonchev–Trinajstić information content (AvgIpc) is 4.23. The first-order valence-corrected chi connectivity index (χ1v) is 27.4. The Labute approximate surface area is 468 Å². The Bertz CT molecular complexity index is 2250. The van der Waals surface area contributed by atoms with E-state index < -0.39 is 54.7 Å². The van der Waals surface area contributed by atoms with Crippen molar-refractivity contribution in [2.45, 2.75) is 78.4 Å². The number of hydrogen-bond acceptors (Lipinski definition) is 16. The molecule has 0 saturated carbocycles. The molecule has 8 N–H and O–H groups in total. The lowest BCUT2D eigenvalue weighted by atomic mass is 10.0. The summed E-state index contributed by atoms with van der Waals surface area (Å²) in [5.41, 5.74) is 17.0. The first-order valence-electron chi connectivity index (χ1n) is 27.4. The van der Waals surface area contributed by atoms with Gasteiger partial charge >= 0.3 is 0 Å². The van der Waals surface area contributed by atoms with Crippen LogP contribution in [-0.2, 0) is 82.8 Å². The number of fused-ring (bicyclic) bond motifs is 4. The number of carbonyl (C=O) groups excluding carboxylic acids is 8. The van der Waals surface area contributed by atoms with E-state index in [-0.39, 0.29) is 134 Å². The molecule has 1 aliphatic carbocycles. The van der Waals surface area contributed by atoms with Gasteiger partial charge in [0, 0.05) is 44.3 Å². The van der Waals surface area contributed by atoms with Crippen molar-refractivity contribution >= 4 is 64.1 Å². The Morgan fingerprint density at radius 1 is 0.487 bits per heavy atom. The van der Waals surface area contributed by atoms with E-state index in [0.29, 0.717) is 46.2 Å². The van der Waals surface area contributed by atoms with Gasteiger partial charge in [0.15, 0.2) is 0 Å². The van der Waals surface area contributed by atoms with Crippen molar-refractivity contribution in [1.29, 1.82) is 0 Å². The molecule has 2 aromatic carbocycles. The molecule has 1 aliphatic heterocycles. The molecular formula is C56H84N8O16. The van der Waals surface area contributed by atoms with Crippen LogP contribution >= 0.6 is 0 Å². The zero-order chi connectivity index (χ0) is 58.1. The molecule has 8 amide bonds. The normalized spacial score (nSPS) is 13.3. The topological polar surface area (TPSA) is 317 Å². The van der Waals surface area contributed by atoms with Crippen molar-refractivity contribution in [3.05, 3.63) is 65.2 Å². The van der Waals surface area contributed by atoms with Gasteiger partial charge in [-0.2, -0.15) is 0 Å². The maximum atomic E-state index is 14.1. The molecule has 2 atom stereocenters. The predicted molar refractivity (Wildman–Crippen MR) is 295 cm³/mol. The Morgan fingerprint density at radius 3 is 1.31 bits per heavy atom. The highest BCUT2D eigenvalue weighted by atomic mass is 16.6. The third-order valence-corrected chi connectivity index (χ3v) is 12.6. The summed E-state index contributed by atoms with van der Waals surface area (Å²) in [6.45, 7) is 11.0. The lowest BCUT2D eigenvalue weighted by molar-refractivity contribution is -0.140. The number of rotatable bonds is 43. The Kier molecular flexibility index (Phi) is 31.0. The number of nitrogens with two attached hydrogens (primary N) is 2. The number of anilines is 1. The molecule has 24 heteroatoms. The fraction of sp³-hybridized carbons (Fsp3) is 0.607. The van der Waals surface area contributed by atoms with E-state index in [1.807, 2.05) is 42.5 Å². The number of para-hydroxylation sites is 1. The number of hydrogen-bond donors (Lipinski definition) is 6. The molecule has 0 saturated heterocycles. The number of nitrogens with one attached hydrogen (secondary N) is 4. The lowest BCUT2D eigenvalue weighted by Crippen LogP contribution is -2.47. The molecule has 4 rings (SSSR count). The van der Waals surface area contributed by atoms with E-state index in [0.717, 1.165) is 33.7 Å². The number of ether oxygens (including phenoxy) is 8. The number of carbonyl (C=O) groups is 8. The molecule has 0 radical (unpaired) electrons. The van der Waals surface area contributed by atoms with E-state index in [1.165, 1.54) is 11.1 Å². The Morgan fingerprint density at radius 2 is 0.875 bits per heavy atom.